The van der Waals surface area contributed by atoms with Gasteiger partial charge in [-0.3, -0.25) is 0 Å². The number of nitrogens with zero attached hydrogens (tertiary/aromatic N) is 4. The number of piperidine rings is 2. The monoisotopic (exact) mass is 612 g/mol. The first-order chi connectivity index (χ1) is 22.5. The molecular formula is C38H40N6O2. The normalized spacial score (nSPS) is 17.2. The largest absolute Gasteiger partial charge is 0.490 e. The molecule has 8 rings (SSSR count). The number of hydrogen-bond donors (Lipinski definition) is 2. The average Bonchev–Trinajstić information content (AvgIpc) is 3.71. The van der Waals surface area contributed by atoms with Gasteiger partial charge in [0.15, 0.2) is 0 Å². The molecule has 2 aliphatic rings. The summed E-state index contributed by atoms with van der Waals surface area (Å²) in [4.78, 5) is 21.6. The van der Waals surface area contributed by atoms with Crippen molar-refractivity contribution < 1.29 is 9.47 Å². The number of imidazole rings is 2. The second-order valence-corrected chi connectivity index (χ2v) is 12.9. The van der Waals surface area contributed by atoms with Crippen molar-refractivity contribution in [3.05, 3.63) is 84.9 Å². The Hall–Kier alpha value is -4.66. The van der Waals surface area contributed by atoms with Gasteiger partial charge in [0.1, 0.15) is 35.4 Å². The maximum Gasteiger partial charge on any atom is 0.138 e. The zero-order chi connectivity index (χ0) is 31.0. The molecule has 4 aromatic carbocycles. The molecule has 0 atom stereocenters. The van der Waals surface area contributed by atoms with Gasteiger partial charge in [-0.2, -0.15) is 0 Å². The molecule has 0 unspecified atom stereocenters. The molecule has 2 N–H and O–H groups in total. The highest BCUT2D eigenvalue weighted by atomic mass is 16.5. The minimum atomic E-state index is 0.291. The molecule has 2 aromatic heterocycles. The summed E-state index contributed by atoms with van der Waals surface area (Å²) in [6, 6.07) is 29.3. The fraction of sp³-hybridized carbons (Fsp3) is 0.316. The van der Waals surface area contributed by atoms with E-state index in [0.717, 1.165) is 119 Å². The quantitative estimate of drug-likeness (QED) is 0.196. The van der Waals surface area contributed by atoms with Gasteiger partial charge < -0.3 is 29.2 Å². The smallest absolute Gasteiger partial charge is 0.138 e. The molecule has 0 aliphatic carbocycles. The number of likely N-dealkylation sites (tertiary alicyclic amines) is 2. The second kappa shape index (κ2) is 12.3. The third-order valence-electron chi connectivity index (χ3n) is 9.49. The van der Waals surface area contributed by atoms with Gasteiger partial charge >= 0.3 is 0 Å². The van der Waals surface area contributed by atoms with Crippen LogP contribution in [0.5, 0.6) is 11.5 Å². The predicted octanol–water partition coefficient (Wildman–Crippen LogP) is 7.39. The molecule has 8 heteroatoms. The second-order valence-electron chi connectivity index (χ2n) is 12.9. The summed E-state index contributed by atoms with van der Waals surface area (Å²) < 4.78 is 12.5. The molecule has 8 nitrogen and oxygen atoms in total. The third-order valence-corrected chi connectivity index (χ3v) is 9.49. The van der Waals surface area contributed by atoms with E-state index in [-0.39, 0.29) is 0 Å². The van der Waals surface area contributed by atoms with E-state index in [2.05, 4.69) is 119 Å². The maximum absolute atomic E-state index is 6.24. The standard InChI is InChI=1S/C38H40N6O2/c1-43-19-15-31(16-20-43)45-29-9-3-25(4-10-29)37-39-33-13-7-27(23-35(33)41-37)28-8-14-34-36(24-28)42-38(40-34)26-5-11-30(12-6-26)46-32-17-21-44(2)22-18-32/h3-14,23-24,31-32H,15-22H2,1-2H3,(H,39,41)(H,40,42). The predicted molar refractivity (Wildman–Crippen MR) is 184 cm³/mol. The molecule has 4 heterocycles. The highest BCUT2D eigenvalue weighted by Gasteiger charge is 2.19. The van der Waals surface area contributed by atoms with Crippen LogP contribution in [0.25, 0.3) is 56.0 Å². The van der Waals surface area contributed by atoms with Crippen LogP contribution in [-0.4, -0.2) is 82.2 Å². The number of nitrogens with one attached hydrogen (secondary N) is 2. The summed E-state index contributed by atoms with van der Waals surface area (Å²) >= 11 is 0. The molecule has 0 radical (unpaired) electrons. The zero-order valence-corrected chi connectivity index (χ0v) is 26.5. The van der Waals surface area contributed by atoms with Crippen LogP contribution in [0.2, 0.25) is 0 Å². The minimum Gasteiger partial charge on any atom is -0.490 e. The Labute approximate surface area is 269 Å². The highest BCUT2D eigenvalue weighted by molar-refractivity contribution is 5.88. The van der Waals surface area contributed by atoms with Crippen LogP contribution in [0.3, 0.4) is 0 Å². The fourth-order valence-electron chi connectivity index (χ4n) is 6.62. The lowest BCUT2D eigenvalue weighted by molar-refractivity contribution is 0.114. The summed E-state index contributed by atoms with van der Waals surface area (Å²) in [5.41, 5.74) is 8.19. The first kappa shape index (κ1) is 28.8. The number of benzene rings is 4. The SMILES string of the molecule is CN1CCC(Oc2ccc(-c3nc4cc(-c5ccc6[nH]c(-c7ccc(OC8CCN(C)CC8)cc7)nc6c5)ccc4[nH]3)cc2)CC1. The van der Waals surface area contributed by atoms with Crippen LogP contribution in [0.15, 0.2) is 84.9 Å². The molecule has 2 fully saturated rings. The molecule has 2 saturated heterocycles. The van der Waals surface area contributed by atoms with E-state index in [1.165, 1.54) is 0 Å². The number of ether oxygens (including phenoxy) is 2. The third kappa shape index (κ3) is 6.10. The van der Waals surface area contributed by atoms with Crippen LogP contribution in [0, 0.1) is 0 Å². The summed E-state index contributed by atoms with van der Waals surface area (Å²) in [6.07, 6.45) is 4.86. The van der Waals surface area contributed by atoms with Gasteiger partial charge in [-0.05, 0) is 124 Å². The van der Waals surface area contributed by atoms with Gasteiger partial charge in [0.25, 0.3) is 0 Å². The number of rotatable bonds is 7. The first-order valence-corrected chi connectivity index (χ1v) is 16.4. The van der Waals surface area contributed by atoms with Crippen molar-refractivity contribution in [3.8, 4) is 45.4 Å². The maximum atomic E-state index is 6.24. The molecule has 0 saturated carbocycles. The molecular weight excluding hydrogens is 572 g/mol. The van der Waals surface area contributed by atoms with Gasteiger partial charge in [0.2, 0.25) is 0 Å². The van der Waals surface area contributed by atoms with E-state index in [0.29, 0.717) is 12.2 Å². The Morgan fingerprint density at radius 2 is 0.891 bits per heavy atom. The van der Waals surface area contributed by atoms with E-state index in [1.807, 2.05) is 0 Å². The number of hydrogen-bond acceptors (Lipinski definition) is 6. The summed E-state index contributed by atoms with van der Waals surface area (Å²) in [7, 11) is 4.34. The van der Waals surface area contributed by atoms with Crippen molar-refractivity contribution in [2.24, 2.45) is 0 Å². The molecule has 0 bridgehead atoms. The molecule has 2 aliphatic heterocycles. The van der Waals surface area contributed by atoms with E-state index < -0.39 is 0 Å². The Bertz CT molecular complexity index is 1800. The van der Waals surface area contributed by atoms with E-state index in [9.17, 15) is 0 Å². The van der Waals surface area contributed by atoms with Crippen LogP contribution in [0.1, 0.15) is 25.7 Å². The highest BCUT2D eigenvalue weighted by Crippen LogP contribution is 2.31. The van der Waals surface area contributed by atoms with Gasteiger partial charge in [0.05, 0.1) is 22.1 Å². The van der Waals surface area contributed by atoms with Gasteiger partial charge in [-0.1, -0.05) is 12.1 Å². The van der Waals surface area contributed by atoms with Crippen molar-refractivity contribution in [3.63, 3.8) is 0 Å². The summed E-state index contributed by atoms with van der Waals surface area (Å²) in [6.45, 7) is 4.35. The van der Waals surface area contributed by atoms with Gasteiger partial charge in [-0.25, -0.2) is 9.97 Å². The van der Waals surface area contributed by atoms with E-state index in [1.54, 1.807) is 0 Å². The van der Waals surface area contributed by atoms with Crippen molar-refractivity contribution >= 4 is 22.1 Å². The van der Waals surface area contributed by atoms with Crippen LogP contribution >= 0.6 is 0 Å². The van der Waals surface area contributed by atoms with Crippen LogP contribution in [-0.2, 0) is 0 Å². The Morgan fingerprint density at radius 3 is 1.28 bits per heavy atom. The van der Waals surface area contributed by atoms with Crippen LogP contribution in [0.4, 0.5) is 0 Å². The van der Waals surface area contributed by atoms with Crippen molar-refractivity contribution in [1.29, 1.82) is 0 Å². The Balaban J connectivity index is 0.966. The van der Waals surface area contributed by atoms with Crippen molar-refractivity contribution in [2.75, 3.05) is 40.3 Å². The van der Waals surface area contributed by atoms with Crippen molar-refractivity contribution in [1.82, 2.24) is 29.7 Å². The first-order valence-electron chi connectivity index (χ1n) is 16.4. The molecule has 46 heavy (non-hydrogen) atoms. The topological polar surface area (TPSA) is 82.3 Å². The zero-order valence-electron chi connectivity index (χ0n) is 26.5. The average molecular weight is 613 g/mol. The Kier molecular flexibility index (Phi) is 7.68. The minimum absolute atomic E-state index is 0.291. The Morgan fingerprint density at radius 1 is 0.522 bits per heavy atom. The van der Waals surface area contributed by atoms with E-state index >= 15 is 0 Å². The van der Waals surface area contributed by atoms with Crippen LogP contribution < -0.4 is 9.47 Å². The fourth-order valence-corrected chi connectivity index (χ4v) is 6.62. The lowest BCUT2D eigenvalue weighted by Gasteiger charge is -2.29. The molecule has 234 valence electrons. The number of aromatic amines is 2. The van der Waals surface area contributed by atoms with Gasteiger partial charge in [0, 0.05) is 37.3 Å². The number of aromatic nitrogens is 4. The molecule has 0 spiro atoms. The molecule has 0 amide bonds. The number of fused-ring (bicyclic) bond motifs is 2. The number of H-pyrrole nitrogens is 2. The molecule has 6 aromatic rings. The summed E-state index contributed by atoms with van der Waals surface area (Å²) in [5, 5.41) is 0. The lowest BCUT2D eigenvalue weighted by Crippen LogP contribution is -2.35. The summed E-state index contributed by atoms with van der Waals surface area (Å²) in [5.74, 6) is 3.55. The van der Waals surface area contributed by atoms with E-state index in [4.69, 9.17) is 19.4 Å². The lowest BCUT2D eigenvalue weighted by atomic mass is 10.0. The van der Waals surface area contributed by atoms with Crippen molar-refractivity contribution in [2.45, 2.75) is 37.9 Å². The van der Waals surface area contributed by atoms with Gasteiger partial charge in [-0.15, -0.1) is 0 Å².